The van der Waals surface area contributed by atoms with E-state index in [4.69, 9.17) is 11.6 Å². The van der Waals surface area contributed by atoms with Crippen LogP contribution in [-0.2, 0) is 4.79 Å². The summed E-state index contributed by atoms with van der Waals surface area (Å²) in [7, 11) is 3.80. The minimum atomic E-state index is -0.237. The number of nitrogens with zero attached hydrogens (tertiary/aromatic N) is 2. The molecule has 25 heavy (non-hydrogen) atoms. The van der Waals surface area contributed by atoms with Crippen molar-refractivity contribution in [2.45, 2.75) is 12.8 Å². The topological polar surface area (TPSA) is 52.7 Å². The summed E-state index contributed by atoms with van der Waals surface area (Å²) in [5.74, 6) is -0.138. The van der Waals surface area contributed by atoms with E-state index in [2.05, 4.69) is 5.32 Å². The van der Waals surface area contributed by atoms with Crippen LogP contribution in [0.4, 0.5) is 17.1 Å². The fourth-order valence-corrected chi connectivity index (χ4v) is 3.10. The van der Waals surface area contributed by atoms with Gasteiger partial charge in [0.25, 0.3) is 5.91 Å². The Balaban J connectivity index is 1.85. The number of halogens is 1. The molecular formula is C19H20ClN3O2. The maximum Gasteiger partial charge on any atom is 0.255 e. The van der Waals surface area contributed by atoms with Crippen molar-refractivity contribution in [3.8, 4) is 0 Å². The van der Waals surface area contributed by atoms with Crippen LogP contribution < -0.4 is 15.1 Å². The fraction of sp³-hybridized carbons (Fsp3) is 0.263. The first-order chi connectivity index (χ1) is 12.0. The van der Waals surface area contributed by atoms with Crippen LogP contribution in [-0.4, -0.2) is 32.5 Å². The number of benzene rings is 2. The second-order valence-electron chi connectivity index (χ2n) is 6.21. The zero-order chi connectivity index (χ0) is 18.0. The Morgan fingerprint density at radius 1 is 1.20 bits per heavy atom. The monoisotopic (exact) mass is 357 g/mol. The summed E-state index contributed by atoms with van der Waals surface area (Å²) in [6.07, 6.45) is 1.41. The van der Waals surface area contributed by atoms with Crippen LogP contribution >= 0.6 is 11.6 Å². The highest BCUT2D eigenvalue weighted by molar-refractivity contribution is 6.31. The first-order valence-electron chi connectivity index (χ1n) is 8.14. The lowest BCUT2D eigenvalue weighted by atomic mass is 10.1. The minimum absolute atomic E-state index is 0.0993. The van der Waals surface area contributed by atoms with Crippen LogP contribution in [0.25, 0.3) is 0 Å². The average Bonchev–Trinajstić information content (AvgIpc) is 3.01. The van der Waals surface area contributed by atoms with Crippen LogP contribution in [0.1, 0.15) is 23.2 Å². The summed E-state index contributed by atoms with van der Waals surface area (Å²) >= 11 is 6.06. The quantitative estimate of drug-likeness (QED) is 0.905. The Kier molecular flexibility index (Phi) is 4.95. The molecule has 1 saturated heterocycles. The number of hydrogen-bond acceptors (Lipinski definition) is 3. The van der Waals surface area contributed by atoms with Gasteiger partial charge in [0.1, 0.15) is 0 Å². The van der Waals surface area contributed by atoms with E-state index in [1.54, 1.807) is 35.2 Å². The van der Waals surface area contributed by atoms with Crippen LogP contribution in [0.2, 0.25) is 5.02 Å². The van der Waals surface area contributed by atoms with Crippen molar-refractivity contribution >= 4 is 40.5 Å². The largest absolute Gasteiger partial charge is 0.376 e. The highest BCUT2D eigenvalue weighted by Gasteiger charge is 2.22. The normalized spacial score (nSPS) is 13.9. The molecule has 6 heteroatoms. The molecule has 0 aliphatic carbocycles. The Morgan fingerprint density at radius 3 is 2.68 bits per heavy atom. The summed E-state index contributed by atoms with van der Waals surface area (Å²) in [6, 6.07) is 12.5. The SMILES string of the molecule is CN(C)c1ccc(Cl)cc1NC(=O)c1cccc(N2CCCC2=O)c1. The molecule has 0 spiro atoms. The number of anilines is 3. The molecule has 0 atom stereocenters. The molecule has 5 nitrogen and oxygen atoms in total. The summed E-state index contributed by atoms with van der Waals surface area (Å²) in [5.41, 5.74) is 2.77. The molecule has 1 N–H and O–H groups in total. The van der Waals surface area contributed by atoms with Gasteiger partial charge in [-0.1, -0.05) is 17.7 Å². The Labute approximate surface area is 152 Å². The van der Waals surface area contributed by atoms with E-state index >= 15 is 0 Å². The first-order valence-corrected chi connectivity index (χ1v) is 8.52. The highest BCUT2D eigenvalue weighted by atomic mass is 35.5. The Hall–Kier alpha value is -2.53. The van der Waals surface area contributed by atoms with Gasteiger partial charge in [0.2, 0.25) is 5.91 Å². The Bertz CT molecular complexity index is 820. The lowest BCUT2D eigenvalue weighted by molar-refractivity contribution is -0.117. The molecule has 0 unspecified atom stereocenters. The Morgan fingerprint density at radius 2 is 2.00 bits per heavy atom. The van der Waals surface area contributed by atoms with Crippen molar-refractivity contribution in [2.24, 2.45) is 0 Å². The molecule has 1 aliphatic heterocycles. The molecule has 2 aromatic carbocycles. The molecule has 0 bridgehead atoms. The zero-order valence-electron chi connectivity index (χ0n) is 14.3. The summed E-state index contributed by atoms with van der Waals surface area (Å²) in [5, 5.41) is 3.46. The maximum absolute atomic E-state index is 12.7. The van der Waals surface area contributed by atoms with Gasteiger partial charge in [-0.15, -0.1) is 0 Å². The second-order valence-corrected chi connectivity index (χ2v) is 6.65. The lowest BCUT2D eigenvalue weighted by Crippen LogP contribution is -2.24. The van der Waals surface area contributed by atoms with E-state index in [9.17, 15) is 9.59 Å². The summed E-state index contributed by atoms with van der Waals surface area (Å²) in [4.78, 5) is 28.2. The van der Waals surface area contributed by atoms with Crippen molar-refractivity contribution in [3.63, 3.8) is 0 Å². The van der Waals surface area contributed by atoms with E-state index in [-0.39, 0.29) is 11.8 Å². The molecule has 3 rings (SSSR count). The average molecular weight is 358 g/mol. The molecule has 130 valence electrons. The van der Waals surface area contributed by atoms with Gasteiger partial charge in [0.15, 0.2) is 0 Å². The van der Waals surface area contributed by atoms with Gasteiger partial charge < -0.3 is 15.1 Å². The third-order valence-electron chi connectivity index (χ3n) is 4.18. The number of hydrogen-bond donors (Lipinski definition) is 1. The van der Waals surface area contributed by atoms with Crippen molar-refractivity contribution in [3.05, 3.63) is 53.1 Å². The molecule has 2 aromatic rings. The van der Waals surface area contributed by atoms with E-state index < -0.39 is 0 Å². The van der Waals surface area contributed by atoms with Gasteiger partial charge in [0, 0.05) is 43.3 Å². The van der Waals surface area contributed by atoms with Gasteiger partial charge in [-0.25, -0.2) is 0 Å². The molecule has 0 aromatic heterocycles. The van der Waals surface area contributed by atoms with Crippen LogP contribution in [0.15, 0.2) is 42.5 Å². The number of rotatable bonds is 4. The minimum Gasteiger partial charge on any atom is -0.376 e. The number of amides is 2. The van der Waals surface area contributed by atoms with Gasteiger partial charge in [-0.05, 0) is 42.8 Å². The second kappa shape index (κ2) is 7.15. The van der Waals surface area contributed by atoms with Crippen molar-refractivity contribution in [2.75, 3.05) is 35.8 Å². The van der Waals surface area contributed by atoms with Crippen LogP contribution in [0, 0.1) is 0 Å². The summed E-state index contributed by atoms with van der Waals surface area (Å²) in [6.45, 7) is 0.697. The molecule has 1 fully saturated rings. The predicted molar refractivity (Wildman–Crippen MR) is 102 cm³/mol. The van der Waals surface area contributed by atoms with Crippen molar-refractivity contribution in [1.29, 1.82) is 0 Å². The van der Waals surface area contributed by atoms with Crippen LogP contribution in [0.3, 0.4) is 0 Å². The molecule has 2 amide bonds. The highest BCUT2D eigenvalue weighted by Crippen LogP contribution is 2.29. The maximum atomic E-state index is 12.7. The van der Waals surface area contributed by atoms with Gasteiger partial charge in [0.05, 0.1) is 11.4 Å². The van der Waals surface area contributed by atoms with Crippen molar-refractivity contribution in [1.82, 2.24) is 0 Å². The number of carbonyl (C=O) groups is 2. The zero-order valence-corrected chi connectivity index (χ0v) is 15.0. The van der Waals surface area contributed by atoms with Gasteiger partial charge in [-0.3, -0.25) is 9.59 Å². The van der Waals surface area contributed by atoms with Gasteiger partial charge >= 0.3 is 0 Å². The number of nitrogens with one attached hydrogen (secondary N) is 1. The van der Waals surface area contributed by atoms with E-state index in [1.807, 2.05) is 31.1 Å². The van der Waals surface area contributed by atoms with E-state index in [1.165, 1.54) is 0 Å². The predicted octanol–water partition coefficient (Wildman–Crippen LogP) is 3.79. The van der Waals surface area contributed by atoms with Crippen molar-refractivity contribution < 1.29 is 9.59 Å². The first kappa shape index (κ1) is 17.3. The number of carbonyl (C=O) groups excluding carboxylic acids is 2. The molecule has 1 heterocycles. The summed E-state index contributed by atoms with van der Waals surface area (Å²) < 4.78 is 0. The van der Waals surface area contributed by atoms with Crippen LogP contribution in [0.5, 0.6) is 0 Å². The smallest absolute Gasteiger partial charge is 0.255 e. The molecular weight excluding hydrogens is 338 g/mol. The third kappa shape index (κ3) is 3.77. The molecule has 0 saturated carbocycles. The standard InChI is InChI=1S/C19H20ClN3O2/c1-22(2)17-9-8-14(20)12-16(17)21-19(25)13-5-3-6-15(11-13)23-10-4-7-18(23)24/h3,5-6,8-9,11-12H,4,7,10H2,1-2H3,(H,21,25). The van der Waals surface area contributed by atoms with E-state index in [0.29, 0.717) is 29.2 Å². The van der Waals surface area contributed by atoms with Gasteiger partial charge in [-0.2, -0.15) is 0 Å². The lowest BCUT2D eigenvalue weighted by Gasteiger charge is -2.19. The fourth-order valence-electron chi connectivity index (χ4n) is 2.93. The third-order valence-corrected chi connectivity index (χ3v) is 4.42. The molecule has 1 aliphatic rings. The van der Waals surface area contributed by atoms with E-state index in [0.717, 1.165) is 17.8 Å². The molecule has 0 radical (unpaired) electrons.